The highest BCUT2D eigenvalue weighted by molar-refractivity contribution is 14.0. The highest BCUT2D eigenvalue weighted by Crippen LogP contribution is 2.13. The Morgan fingerprint density at radius 1 is 1.27 bits per heavy atom. The van der Waals surface area contributed by atoms with Crippen molar-refractivity contribution >= 4 is 35.6 Å². The lowest BCUT2D eigenvalue weighted by molar-refractivity contribution is 0.609. The van der Waals surface area contributed by atoms with Gasteiger partial charge >= 0.3 is 0 Å². The van der Waals surface area contributed by atoms with Gasteiger partial charge in [-0.2, -0.15) is 0 Å². The lowest BCUT2D eigenvalue weighted by Crippen LogP contribution is -2.47. The summed E-state index contributed by atoms with van der Waals surface area (Å²) in [6.07, 6.45) is 6.61. The van der Waals surface area contributed by atoms with Crippen molar-refractivity contribution in [2.24, 2.45) is 4.99 Å². The maximum atomic E-state index is 4.30. The third kappa shape index (κ3) is 5.51. The Hall–Kier alpha value is -1.24. The molecule has 2 rings (SSSR count). The van der Waals surface area contributed by atoms with E-state index in [-0.39, 0.29) is 24.0 Å². The van der Waals surface area contributed by atoms with E-state index < -0.39 is 0 Å². The number of benzene rings is 1. The van der Waals surface area contributed by atoms with Crippen LogP contribution in [0.2, 0.25) is 0 Å². The molecule has 1 aliphatic rings. The molecule has 4 nitrogen and oxygen atoms in total. The van der Waals surface area contributed by atoms with Crippen molar-refractivity contribution in [3.8, 4) is 0 Å². The van der Waals surface area contributed by atoms with Gasteiger partial charge < -0.3 is 15.5 Å². The minimum atomic E-state index is 0. The minimum Gasteiger partial charge on any atom is -0.370 e. The van der Waals surface area contributed by atoms with Gasteiger partial charge in [-0.3, -0.25) is 4.99 Å². The second-order valence-corrected chi connectivity index (χ2v) is 5.53. The number of anilines is 1. The molecule has 0 saturated carbocycles. The number of aliphatic imine (C=N–C) groups is 1. The van der Waals surface area contributed by atoms with Crippen molar-refractivity contribution in [3.63, 3.8) is 0 Å². The average Bonchev–Trinajstić information content (AvgIpc) is 3.04. The summed E-state index contributed by atoms with van der Waals surface area (Å²) in [4.78, 5) is 6.58. The number of nitrogens with one attached hydrogen (secondary N) is 2. The number of halogens is 1. The number of likely N-dealkylation sites (N-methyl/N-ethyl adjacent to an activating group) is 1. The van der Waals surface area contributed by atoms with E-state index in [1.165, 1.54) is 5.69 Å². The van der Waals surface area contributed by atoms with Crippen LogP contribution in [0.5, 0.6) is 0 Å². The van der Waals surface area contributed by atoms with Crippen LogP contribution in [-0.4, -0.2) is 38.7 Å². The molecule has 5 heteroatoms. The van der Waals surface area contributed by atoms with Crippen molar-refractivity contribution in [2.75, 3.05) is 25.5 Å². The Morgan fingerprint density at radius 2 is 1.91 bits per heavy atom. The summed E-state index contributed by atoms with van der Waals surface area (Å²) in [5.41, 5.74) is 1.23. The van der Waals surface area contributed by atoms with E-state index in [0.717, 1.165) is 25.3 Å². The molecule has 122 valence electrons. The molecule has 0 amide bonds. The average molecular weight is 414 g/mol. The second kappa shape index (κ2) is 9.71. The first-order valence-corrected chi connectivity index (χ1v) is 7.60. The Labute approximate surface area is 151 Å². The van der Waals surface area contributed by atoms with Gasteiger partial charge in [0.1, 0.15) is 0 Å². The molecule has 0 bridgehead atoms. The molecule has 1 atom stereocenters. The summed E-state index contributed by atoms with van der Waals surface area (Å²) in [5.74, 6) is 0.886. The fraction of sp³-hybridized carbons (Fsp3) is 0.471. The van der Waals surface area contributed by atoms with E-state index in [1.807, 2.05) is 13.1 Å². The zero-order valence-corrected chi connectivity index (χ0v) is 16.0. The predicted octanol–water partition coefficient (Wildman–Crippen LogP) is 3.01. The zero-order chi connectivity index (χ0) is 15.1. The van der Waals surface area contributed by atoms with Crippen LogP contribution in [0, 0.1) is 0 Å². The summed E-state index contributed by atoms with van der Waals surface area (Å²) < 4.78 is 0. The number of rotatable bonds is 5. The summed E-state index contributed by atoms with van der Waals surface area (Å²) in [5, 5.41) is 6.87. The van der Waals surface area contributed by atoms with Gasteiger partial charge in [-0.15, -0.1) is 24.0 Å². The first-order chi connectivity index (χ1) is 10.2. The Bertz CT molecular complexity index is 479. The quantitative estimate of drug-likeness (QED) is 0.337. The fourth-order valence-electron chi connectivity index (χ4n) is 2.42. The molecule has 0 saturated heterocycles. The molecule has 0 radical (unpaired) electrons. The van der Waals surface area contributed by atoms with Crippen LogP contribution in [0.3, 0.4) is 0 Å². The van der Waals surface area contributed by atoms with Crippen LogP contribution in [0.25, 0.3) is 0 Å². The van der Waals surface area contributed by atoms with Gasteiger partial charge in [-0.05, 0) is 31.9 Å². The molecule has 0 fully saturated rings. The van der Waals surface area contributed by atoms with Crippen LogP contribution in [0.15, 0.2) is 47.5 Å². The lowest BCUT2D eigenvalue weighted by atomic mass is 10.2. The largest absolute Gasteiger partial charge is 0.370 e. The van der Waals surface area contributed by atoms with Crippen molar-refractivity contribution in [2.45, 2.75) is 31.8 Å². The van der Waals surface area contributed by atoms with Gasteiger partial charge in [-0.1, -0.05) is 30.4 Å². The highest BCUT2D eigenvalue weighted by atomic mass is 127. The van der Waals surface area contributed by atoms with E-state index in [1.54, 1.807) is 0 Å². The Balaban J connectivity index is 0.00000242. The third-order valence-corrected chi connectivity index (χ3v) is 3.96. The number of nitrogens with zero attached hydrogens (tertiary/aromatic N) is 2. The van der Waals surface area contributed by atoms with Gasteiger partial charge in [0.15, 0.2) is 5.96 Å². The SMILES string of the molecule is CN=C(NCC(C)N(C)c1ccccc1)NC1CC=CC1.I. The topological polar surface area (TPSA) is 39.7 Å². The summed E-state index contributed by atoms with van der Waals surface area (Å²) in [7, 11) is 3.95. The van der Waals surface area contributed by atoms with Crippen LogP contribution in [0.1, 0.15) is 19.8 Å². The Morgan fingerprint density at radius 3 is 2.50 bits per heavy atom. The minimum absolute atomic E-state index is 0. The standard InChI is InChI=1S/C17H26N4.HI/c1-14(21(3)16-11-5-4-6-12-16)13-19-17(18-2)20-15-9-7-8-10-15;/h4-8,11-12,14-15H,9-10,13H2,1-3H3,(H2,18,19,20);1H. The smallest absolute Gasteiger partial charge is 0.191 e. The summed E-state index contributed by atoms with van der Waals surface area (Å²) in [6.45, 7) is 3.07. The van der Waals surface area contributed by atoms with Crippen molar-refractivity contribution in [1.29, 1.82) is 0 Å². The Kier molecular flexibility index (Phi) is 8.30. The predicted molar refractivity (Wildman–Crippen MR) is 106 cm³/mol. The molecular weight excluding hydrogens is 387 g/mol. The second-order valence-electron chi connectivity index (χ2n) is 5.53. The van der Waals surface area contributed by atoms with Gasteiger partial charge in [0.25, 0.3) is 0 Å². The number of para-hydroxylation sites is 1. The maximum absolute atomic E-state index is 4.30. The normalized spacial score (nSPS) is 16.0. The van der Waals surface area contributed by atoms with Gasteiger partial charge in [-0.25, -0.2) is 0 Å². The van der Waals surface area contributed by atoms with E-state index >= 15 is 0 Å². The first kappa shape index (κ1) is 18.8. The fourth-order valence-corrected chi connectivity index (χ4v) is 2.42. The third-order valence-electron chi connectivity index (χ3n) is 3.96. The molecule has 1 aliphatic carbocycles. The van der Waals surface area contributed by atoms with E-state index in [9.17, 15) is 0 Å². The molecule has 1 aromatic carbocycles. The molecule has 0 spiro atoms. The molecular formula is C17H27IN4. The van der Waals surface area contributed by atoms with Crippen molar-refractivity contribution < 1.29 is 0 Å². The molecule has 0 aliphatic heterocycles. The number of guanidine groups is 1. The number of hydrogen-bond acceptors (Lipinski definition) is 2. The first-order valence-electron chi connectivity index (χ1n) is 7.60. The molecule has 1 unspecified atom stereocenters. The van der Waals surface area contributed by atoms with Crippen LogP contribution >= 0.6 is 24.0 Å². The molecule has 2 N–H and O–H groups in total. The summed E-state index contributed by atoms with van der Waals surface area (Å²) in [6, 6.07) is 11.3. The molecule has 0 heterocycles. The summed E-state index contributed by atoms with van der Waals surface area (Å²) >= 11 is 0. The molecule has 22 heavy (non-hydrogen) atoms. The van der Waals surface area contributed by atoms with Gasteiger partial charge in [0.05, 0.1) is 0 Å². The number of hydrogen-bond donors (Lipinski definition) is 2. The van der Waals surface area contributed by atoms with E-state index in [0.29, 0.717) is 12.1 Å². The van der Waals surface area contributed by atoms with Crippen LogP contribution in [-0.2, 0) is 0 Å². The van der Waals surface area contributed by atoms with E-state index in [2.05, 4.69) is 70.9 Å². The maximum Gasteiger partial charge on any atom is 0.191 e. The lowest BCUT2D eigenvalue weighted by Gasteiger charge is -2.28. The molecule has 0 aromatic heterocycles. The van der Waals surface area contributed by atoms with Gasteiger partial charge in [0.2, 0.25) is 0 Å². The zero-order valence-electron chi connectivity index (χ0n) is 13.6. The van der Waals surface area contributed by atoms with Crippen molar-refractivity contribution in [1.82, 2.24) is 10.6 Å². The van der Waals surface area contributed by atoms with Gasteiger partial charge in [0, 0.05) is 38.4 Å². The highest BCUT2D eigenvalue weighted by Gasteiger charge is 2.13. The monoisotopic (exact) mass is 414 g/mol. The molecule has 1 aromatic rings. The van der Waals surface area contributed by atoms with Crippen molar-refractivity contribution in [3.05, 3.63) is 42.5 Å². The van der Waals surface area contributed by atoms with Crippen LogP contribution < -0.4 is 15.5 Å². The van der Waals surface area contributed by atoms with Crippen LogP contribution in [0.4, 0.5) is 5.69 Å². The van der Waals surface area contributed by atoms with E-state index in [4.69, 9.17) is 0 Å².